The Hall–Kier alpha value is -2.14. The van der Waals surface area contributed by atoms with Crippen molar-refractivity contribution in [3.8, 4) is 0 Å². The molecule has 0 unspecified atom stereocenters. The lowest BCUT2D eigenvalue weighted by Crippen LogP contribution is -2.41. The molecule has 1 aromatic carbocycles. The Kier molecular flexibility index (Phi) is 6.57. The van der Waals surface area contributed by atoms with Gasteiger partial charge in [0.25, 0.3) is 0 Å². The highest BCUT2D eigenvalue weighted by Crippen LogP contribution is 2.30. The van der Waals surface area contributed by atoms with Crippen molar-refractivity contribution in [3.63, 3.8) is 0 Å². The van der Waals surface area contributed by atoms with E-state index in [-0.39, 0.29) is 12.0 Å². The molecule has 1 aromatic heterocycles. The summed E-state index contributed by atoms with van der Waals surface area (Å²) in [6, 6.07) is 8.52. The summed E-state index contributed by atoms with van der Waals surface area (Å²) in [4.78, 5) is 22.6. The number of hydrogen-bond acceptors (Lipinski definition) is 4. The van der Waals surface area contributed by atoms with E-state index >= 15 is 0 Å². The van der Waals surface area contributed by atoms with Crippen molar-refractivity contribution in [2.45, 2.75) is 64.5 Å². The van der Waals surface area contributed by atoms with Crippen molar-refractivity contribution in [1.82, 2.24) is 9.88 Å². The van der Waals surface area contributed by atoms with Gasteiger partial charge in [-0.05, 0) is 44.2 Å². The topological polar surface area (TPSA) is 45.7 Å². The van der Waals surface area contributed by atoms with Crippen molar-refractivity contribution >= 4 is 22.6 Å². The first-order chi connectivity index (χ1) is 14.5. The van der Waals surface area contributed by atoms with Crippen LogP contribution in [0, 0.1) is 12.8 Å². The fourth-order valence-corrected chi connectivity index (χ4v) is 4.96. The highest BCUT2D eigenvalue weighted by Gasteiger charge is 2.30. The predicted molar refractivity (Wildman–Crippen MR) is 122 cm³/mol. The van der Waals surface area contributed by atoms with Crippen molar-refractivity contribution in [2.24, 2.45) is 5.92 Å². The maximum Gasteiger partial charge on any atom is 0.226 e. The van der Waals surface area contributed by atoms with Gasteiger partial charge in [0.1, 0.15) is 5.82 Å². The second-order valence-electron chi connectivity index (χ2n) is 9.20. The molecule has 5 nitrogen and oxygen atoms in total. The first kappa shape index (κ1) is 21.1. The zero-order chi connectivity index (χ0) is 21.1. The third-order valence-electron chi connectivity index (χ3n) is 6.60. The number of amides is 1. The molecule has 1 aliphatic heterocycles. The maximum atomic E-state index is 13.5. The van der Waals surface area contributed by atoms with E-state index in [2.05, 4.69) is 41.0 Å². The SMILES string of the molecule is Cc1cccc2cc(CN(C[C@@H]3CCCO3)C(=O)C3CCCCC3)c(N(C)C)nc12. The average molecular weight is 410 g/mol. The van der Waals surface area contributed by atoms with Crippen LogP contribution in [0.15, 0.2) is 24.3 Å². The summed E-state index contributed by atoms with van der Waals surface area (Å²) in [6.45, 7) is 4.20. The summed E-state index contributed by atoms with van der Waals surface area (Å²) in [6.07, 6.45) is 7.95. The van der Waals surface area contributed by atoms with Crippen LogP contribution in [0.2, 0.25) is 0 Å². The van der Waals surface area contributed by atoms with E-state index in [4.69, 9.17) is 9.72 Å². The molecule has 2 heterocycles. The largest absolute Gasteiger partial charge is 0.376 e. The molecule has 1 atom stereocenters. The number of para-hydroxylation sites is 1. The number of pyridine rings is 1. The minimum absolute atomic E-state index is 0.163. The molecule has 2 aromatic rings. The van der Waals surface area contributed by atoms with Crippen molar-refractivity contribution < 1.29 is 9.53 Å². The van der Waals surface area contributed by atoms with E-state index in [1.807, 2.05) is 14.1 Å². The van der Waals surface area contributed by atoms with E-state index in [0.717, 1.165) is 54.6 Å². The van der Waals surface area contributed by atoms with E-state index < -0.39 is 0 Å². The Bertz CT molecular complexity index is 883. The average Bonchev–Trinajstić information content (AvgIpc) is 3.26. The van der Waals surface area contributed by atoms with Gasteiger partial charge >= 0.3 is 0 Å². The number of carbonyl (C=O) groups excluding carboxylic acids is 1. The van der Waals surface area contributed by atoms with Gasteiger partial charge in [-0.25, -0.2) is 4.98 Å². The summed E-state index contributed by atoms with van der Waals surface area (Å²) < 4.78 is 5.90. The van der Waals surface area contributed by atoms with Crippen LogP contribution in [0.4, 0.5) is 5.82 Å². The number of fused-ring (bicyclic) bond motifs is 1. The molecule has 1 saturated carbocycles. The highest BCUT2D eigenvalue weighted by atomic mass is 16.5. The van der Waals surface area contributed by atoms with Gasteiger partial charge in [0.2, 0.25) is 5.91 Å². The summed E-state index contributed by atoms with van der Waals surface area (Å²) in [5.74, 6) is 1.42. The van der Waals surface area contributed by atoms with Crippen LogP contribution < -0.4 is 4.90 Å². The molecule has 2 aliphatic rings. The van der Waals surface area contributed by atoms with E-state index in [9.17, 15) is 4.79 Å². The first-order valence-electron chi connectivity index (χ1n) is 11.5. The fraction of sp³-hybridized carbons (Fsp3) is 0.600. The lowest BCUT2D eigenvalue weighted by Gasteiger charge is -2.32. The van der Waals surface area contributed by atoms with Gasteiger partial charge in [-0.2, -0.15) is 0 Å². The molecule has 0 spiro atoms. The number of benzene rings is 1. The summed E-state index contributed by atoms with van der Waals surface area (Å²) in [7, 11) is 4.06. The van der Waals surface area contributed by atoms with Gasteiger partial charge in [0.15, 0.2) is 0 Å². The Balaban J connectivity index is 1.66. The van der Waals surface area contributed by atoms with Crippen LogP contribution in [0.25, 0.3) is 10.9 Å². The summed E-state index contributed by atoms with van der Waals surface area (Å²) in [5.41, 5.74) is 3.33. The molecule has 0 bridgehead atoms. The monoisotopic (exact) mass is 409 g/mol. The van der Waals surface area contributed by atoms with E-state index in [1.165, 1.54) is 24.8 Å². The second kappa shape index (κ2) is 9.34. The van der Waals surface area contributed by atoms with Crippen LogP contribution in [-0.2, 0) is 16.1 Å². The molecule has 1 aliphatic carbocycles. The molecular formula is C25H35N3O2. The molecule has 5 heteroatoms. The smallest absolute Gasteiger partial charge is 0.226 e. The van der Waals surface area contributed by atoms with Crippen LogP contribution in [0.1, 0.15) is 56.1 Å². The molecule has 0 radical (unpaired) electrons. The van der Waals surface area contributed by atoms with Crippen molar-refractivity contribution in [1.29, 1.82) is 0 Å². The fourth-order valence-electron chi connectivity index (χ4n) is 4.96. The Labute approximate surface area is 180 Å². The molecule has 4 rings (SSSR count). The number of nitrogens with zero attached hydrogens (tertiary/aromatic N) is 3. The number of ether oxygens (including phenoxy) is 1. The first-order valence-corrected chi connectivity index (χ1v) is 11.5. The maximum absolute atomic E-state index is 13.5. The van der Waals surface area contributed by atoms with Gasteiger partial charge in [0.05, 0.1) is 11.6 Å². The van der Waals surface area contributed by atoms with Crippen LogP contribution >= 0.6 is 0 Å². The molecule has 30 heavy (non-hydrogen) atoms. The second-order valence-corrected chi connectivity index (χ2v) is 9.20. The Morgan fingerprint density at radius 2 is 1.93 bits per heavy atom. The standard InChI is InChI=1S/C25H35N3O2/c1-18-9-7-12-20-15-21(24(27(2)3)26-23(18)20)16-28(17-22-13-8-14-30-22)25(29)19-10-5-4-6-11-19/h7,9,12,15,19,22H,4-6,8,10-11,13-14,16-17H2,1-3H3/t22-/m0/s1. The molecule has 0 N–H and O–H groups in total. The minimum atomic E-state index is 0.163. The lowest BCUT2D eigenvalue weighted by molar-refractivity contribution is -0.138. The lowest BCUT2D eigenvalue weighted by atomic mass is 9.88. The van der Waals surface area contributed by atoms with Gasteiger partial charge < -0.3 is 14.5 Å². The third-order valence-corrected chi connectivity index (χ3v) is 6.60. The van der Waals surface area contributed by atoms with Crippen molar-refractivity contribution in [2.75, 3.05) is 32.1 Å². The Morgan fingerprint density at radius 1 is 1.13 bits per heavy atom. The zero-order valence-corrected chi connectivity index (χ0v) is 18.7. The van der Waals surface area contributed by atoms with Crippen molar-refractivity contribution in [3.05, 3.63) is 35.4 Å². The number of carbonyl (C=O) groups is 1. The van der Waals surface area contributed by atoms with E-state index in [1.54, 1.807) is 0 Å². The summed E-state index contributed by atoms with van der Waals surface area (Å²) >= 11 is 0. The van der Waals surface area contributed by atoms with Gasteiger partial charge in [-0.15, -0.1) is 0 Å². The molecule has 1 amide bonds. The van der Waals surface area contributed by atoms with Crippen LogP contribution in [-0.4, -0.2) is 49.1 Å². The highest BCUT2D eigenvalue weighted by molar-refractivity contribution is 5.85. The molecular weight excluding hydrogens is 374 g/mol. The number of aryl methyl sites for hydroxylation is 1. The van der Waals surface area contributed by atoms with Crippen LogP contribution in [0.3, 0.4) is 0 Å². The van der Waals surface area contributed by atoms with Gasteiger partial charge in [-0.3, -0.25) is 4.79 Å². The summed E-state index contributed by atoms with van der Waals surface area (Å²) in [5, 5.41) is 1.14. The third kappa shape index (κ3) is 4.61. The zero-order valence-electron chi connectivity index (χ0n) is 18.7. The number of anilines is 1. The quantitative estimate of drug-likeness (QED) is 0.694. The van der Waals surface area contributed by atoms with Crippen LogP contribution in [0.5, 0.6) is 0 Å². The van der Waals surface area contributed by atoms with Gasteiger partial charge in [-0.1, -0.05) is 37.5 Å². The normalized spacial score (nSPS) is 19.9. The molecule has 2 fully saturated rings. The minimum Gasteiger partial charge on any atom is -0.376 e. The molecule has 1 saturated heterocycles. The Morgan fingerprint density at radius 3 is 2.63 bits per heavy atom. The number of rotatable bonds is 6. The van der Waals surface area contributed by atoms with E-state index in [0.29, 0.717) is 19.0 Å². The number of hydrogen-bond donors (Lipinski definition) is 0. The number of aromatic nitrogens is 1. The predicted octanol–water partition coefficient (Wildman–Crippen LogP) is 4.70. The van der Waals surface area contributed by atoms with Gasteiger partial charge in [0, 0.05) is 50.7 Å². The molecule has 162 valence electrons.